The second kappa shape index (κ2) is 4.96. The molecule has 5 heteroatoms. The molecule has 1 atom stereocenters. The van der Waals surface area contributed by atoms with Crippen molar-refractivity contribution in [3.8, 4) is 11.4 Å². The second-order valence-corrected chi connectivity index (χ2v) is 4.90. The molecule has 2 aromatic rings. The summed E-state index contributed by atoms with van der Waals surface area (Å²) in [5.74, 6) is 0.642. The first-order chi connectivity index (χ1) is 8.11. The maximum absolute atomic E-state index is 13.2. The molecule has 0 aliphatic carbocycles. The molecule has 1 aromatic heterocycles. The number of hydrogen-bond donors (Lipinski definition) is 0. The summed E-state index contributed by atoms with van der Waals surface area (Å²) in [7, 11) is 0. The van der Waals surface area contributed by atoms with Crippen LogP contribution in [0.15, 0.2) is 22.7 Å². The Morgan fingerprint density at radius 2 is 2.24 bits per heavy atom. The lowest BCUT2D eigenvalue weighted by Crippen LogP contribution is -1.90. The van der Waals surface area contributed by atoms with E-state index in [-0.39, 0.29) is 10.6 Å². The molecule has 2 rings (SSSR count). The summed E-state index contributed by atoms with van der Waals surface area (Å²) in [6, 6.07) is 4.53. The van der Waals surface area contributed by atoms with E-state index in [0.717, 1.165) is 12.0 Å². The summed E-state index contributed by atoms with van der Waals surface area (Å²) in [6.07, 6.45) is 0.851. The molecule has 0 spiro atoms. The number of benzene rings is 1. The normalized spacial score (nSPS) is 12.7. The van der Waals surface area contributed by atoms with E-state index >= 15 is 0 Å². The van der Waals surface area contributed by atoms with Gasteiger partial charge in [0.25, 0.3) is 0 Å². The number of rotatable bonds is 3. The van der Waals surface area contributed by atoms with Gasteiger partial charge in [-0.2, -0.15) is 4.98 Å². The van der Waals surface area contributed by atoms with Crippen LogP contribution in [0.3, 0.4) is 0 Å². The molecule has 0 radical (unpaired) electrons. The van der Waals surface area contributed by atoms with E-state index in [1.807, 2.05) is 13.8 Å². The zero-order chi connectivity index (χ0) is 12.4. The lowest BCUT2D eigenvalue weighted by atomic mass is 10.1. The first-order valence-corrected chi connectivity index (χ1v) is 6.27. The molecular formula is C12H12BrFN2O. The highest BCUT2D eigenvalue weighted by atomic mass is 79.9. The maximum Gasteiger partial charge on any atom is 0.240 e. The minimum Gasteiger partial charge on any atom is -0.338 e. The molecule has 0 saturated carbocycles. The molecule has 17 heavy (non-hydrogen) atoms. The largest absolute Gasteiger partial charge is 0.338 e. The van der Waals surface area contributed by atoms with E-state index in [2.05, 4.69) is 26.1 Å². The van der Waals surface area contributed by atoms with Crippen LogP contribution >= 0.6 is 15.9 Å². The molecule has 0 fully saturated rings. The Kier molecular flexibility index (Phi) is 3.57. The third-order valence-electron chi connectivity index (χ3n) is 2.51. The maximum atomic E-state index is 13.2. The van der Waals surface area contributed by atoms with E-state index in [4.69, 9.17) is 4.52 Å². The average molecular weight is 299 g/mol. The van der Waals surface area contributed by atoms with Crippen LogP contribution in [-0.4, -0.2) is 10.1 Å². The van der Waals surface area contributed by atoms with Gasteiger partial charge < -0.3 is 4.52 Å². The number of halogens is 2. The highest BCUT2D eigenvalue weighted by Crippen LogP contribution is 2.27. The summed E-state index contributed by atoms with van der Waals surface area (Å²) in [6.45, 7) is 3.90. The monoisotopic (exact) mass is 298 g/mol. The van der Waals surface area contributed by atoms with Gasteiger partial charge in [-0.1, -0.05) is 34.1 Å². The average Bonchev–Trinajstić information content (AvgIpc) is 2.80. The quantitative estimate of drug-likeness (QED) is 0.803. The Bertz CT molecular complexity index is 527. The lowest BCUT2D eigenvalue weighted by Gasteiger charge is -2.00. The van der Waals surface area contributed by atoms with Crippen molar-refractivity contribution >= 4 is 15.9 Å². The summed E-state index contributed by atoms with van der Waals surface area (Å²) in [4.78, 5) is 4.30. The lowest BCUT2D eigenvalue weighted by molar-refractivity contribution is 0.377. The Hall–Kier alpha value is -1.23. The number of aromatic nitrogens is 2. The van der Waals surface area contributed by atoms with Crippen molar-refractivity contribution < 1.29 is 8.91 Å². The fraction of sp³-hybridized carbons (Fsp3) is 0.333. The molecule has 0 N–H and O–H groups in total. The Morgan fingerprint density at radius 1 is 1.47 bits per heavy atom. The standard InChI is InChI=1S/C12H12BrFN2O/c1-3-10(13)12-15-11(16-17-12)9-6-8(14)5-4-7(9)2/h4-6,10H,3H2,1-2H3. The summed E-state index contributed by atoms with van der Waals surface area (Å²) in [5, 5.41) is 3.87. The van der Waals surface area contributed by atoms with Crippen molar-refractivity contribution in [2.75, 3.05) is 0 Å². The molecule has 0 saturated heterocycles. The van der Waals surface area contributed by atoms with Gasteiger partial charge in [-0.25, -0.2) is 4.39 Å². The van der Waals surface area contributed by atoms with Gasteiger partial charge in [0.1, 0.15) is 5.82 Å². The topological polar surface area (TPSA) is 38.9 Å². The smallest absolute Gasteiger partial charge is 0.240 e. The van der Waals surface area contributed by atoms with Crippen molar-refractivity contribution in [2.24, 2.45) is 0 Å². The number of alkyl halides is 1. The van der Waals surface area contributed by atoms with Crippen LogP contribution in [0, 0.1) is 12.7 Å². The highest BCUT2D eigenvalue weighted by molar-refractivity contribution is 9.09. The predicted molar refractivity (Wildman–Crippen MR) is 66.4 cm³/mol. The Morgan fingerprint density at radius 3 is 2.94 bits per heavy atom. The molecule has 90 valence electrons. The Balaban J connectivity index is 2.40. The number of nitrogens with zero attached hydrogens (tertiary/aromatic N) is 2. The van der Waals surface area contributed by atoms with Gasteiger partial charge in [0.05, 0.1) is 4.83 Å². The van der Waals surface area contributed by atoms with E-state index in [9.17, 15) is 4.39 Å². The molecule has 0 aliphatic rings. The van der Waals surface area contributed by atoms with E-state index in [1.165, 1.54) is 12.1 Å². The van der Waals surface area contributed by atoms with Crippen molar-refractivity contribution in [1.29, 1.82) is 0 Å². The highest BCUT2D eigenvalue weighted by Gasteiger charge is 2.16. The van der Waals surface area contributed by atoms with Crippen LogP contribution in [0.25, 0.3) is 11.4 Å². The minimum absolute atomic E-state index is 0.0395. The van der Waals surface area contributed by atoms with Crippen LogP contribution < -0.4 is 0 Å². The summed E-state index contributed by atoms with van der Waals surface area (Å²) < 4.78 is 18.3. The van der Waals surface area contributed by atoms with Crippen molar-refractivity contribution in [2.45, 2.75) is 25.1 Å². The zero-order valence-corrected chi connectivity index (χ0v) is 11.2. The van der Waals surface area contributed by atoms with E-state index in [1.54, 1.807) is 6.07 Å². The molecule has 0 amide bonds. The van der Waals surface area contributed by atoms with Gasteiger partial charge in [0.2, 0.25) is 11.7 Å². The van der Waals surface area contributed by atoms with Gasteiger partial charge in [-0.3, -0.25) is 0 Å². The molecule has 1 unspecified atom stereocenters. The van der Waals surface area contributed by atoms with Crippen LogP contribution in [0.2, 0.25) is 0 Å². The predicted octanol–water partition coefficient (Wildman–Crippen LogP) is 4.03. The van der Waals surface area contributed by atoms with Crippen molar-refractivity contribution in [3.63, 3.8) is 0 Å². The van der Waals surface area contributed by atoms with Gasteiger partial charge in [-0.05, 0) is 31.0 Å². The van der Waals surface area contributed by atoms with Gasteiger partial charge in [0.15, 0.2) is 0 Å². The van der Waals surface area contributed by atoms with Gasteiger partial charge in [0, 0.05) is 5.56 Å². The van der Waals surface area contributed by atoms with Crippen molar-refractivity contribution in [1.82, 2.24) is 10.1 Å². The molecular weight excluding hydrogens is 287 g/mol. The van der Waals surface area contributed by atoms with E-state index < -0.39 is 0 Å². The fourth-order valence-corrected chi connectivity index (χ4v) is 1.67. The van der Waals surface area contributed by atoms with Gasteiger partial charge in [-0.15, -0.1) is 0 Å². The van der Waals surface area contributed by atoms with Crippen LogP contribution in [0.4, 0.5) is 4.39 Å². The molecule has 1 aromatic carbocycles. The SMILES string of the molecule is CCC(Br)c1nc(-c2cc(F)ccc2C)no1. The van der Waals surface area contributed by atoms with Crippen molar-refractivity contribution in [3.05, 3.63) is 35.5 Å². The van der Waals surface area contributed by atoms with E-state index in [0.29, 0.717) is 17.3 Å². The summed E-state index contributed by atoms with van der Waals surface area (Å²) >= 11 is 3.43. The zero-order valence-electron chi connectivity index (χ0n) is 9.58. The summed E-state index contributed by atoms with van der Waals surface area (Å²) in [5.41, 5.74) is 1.58. The molecule has 0 aliphatic heterocycles. The molecule has 3 nitrogen and oxygen atoms in total. The van der Waals surface area contributed by atoms with Crippen LogP contribution in [0.5, 0.6) is 0 Å². The second-order valence-electron chi connectivity index (χ2n) is 3.79. The van der Waals surface area contributed by atoms with Crippen LogP contribution in [-0.2, 0) is 0 Å². The van der Waals surface area contributed by atoms with Crippen LogP contribution in [0.1, 0.15) is 29.6 Å². The molecule has 1 heterocycles. The van der Waals surface area contributed by atoms with Gasteiger partial charge >= 0.3 is 0 Å². The minimum atomic E-state index is -0.303. The first kappa shape index (κ1) is 12.2. The number of hydrogen-bond acceptors (Lipinski definition) is 3. The molecule has 0 bridgehead atoms. The first-order valence-electron chi connectivity index (χ1n) is 5.36. The number of aryl methyl sites for hydroxylation is 1. The third-order valence-corrected chi connectivity index (χ3v) is 3.55. The fourth-order valence-electron chi connectivity index (χ4n) is 1.48. The Labute approximate surface area is 107 Å². The third kappa shape index (κ3) is 2.54.